The lowest BCUT2D eigenvalue weighted by atomic mass is 10.1. The first kappa shape index (κ1) is 21.7. The fraction of sp³-hybridized carbons (Fsp3) is 0.130. The lowest BCUT2D eigenvalue weighted by Gasteiger charge is -2.21. The molecule has 2 aromatic carbocycles. The number of carbonyl (C=O) groups is 2. The highest BCUT2D eigenvalue weighted by Crippen LogP contribution is 2.26. The van der Waals surface area contributed by atoms with Gasteiger partial charge in [-0.15, -0.1) is 0 Å². The van der Waals surface area contributed by atoms with Crippen LogP contribution in [0.15, 0.2) is 65.6 Å². The Hall–Kier alpha value is -3.49. The van der Waals surface area contributed by atoms with Crippen LogP contribution < -0.4 is 16.2 Å². The molecule has 0 aliphatic heterocycles. The predicted octanol–water partition coefficient (Wildman–Crippen LogP) is 4.55. The number of para-hydroxylation sites is 1. The van der Waals surface area contributed by atoms with Crippen molar-refractivity contribution in [1.82, 2.24) is 14.9 Å². The molecule has 162 valence electrons. The lowest BCUT2D eigenvalue weighted by molar-refractivity contribution is -0.114. The Morgan fingerprint density at radius 2 is 1.88 bits per heavy atom. The van der Waals surface area contributed by atoms with Crippen LogP contribution in [-0.4, -0.2) is 21.4 Å². The van der Waals surface area contributed by atoms with E-state index >= 15 is 0 Å². The number of fused-ring (bicyclic) bond motifs is 1. The van der Waals surface area contributed by atoms with E-state index in [1.54, 1.807) is 23.6 Å². The van der Waals surface area contributed by atoms with Gasteiger partial charge in [0.2, 0.25) is 5.91 Å². The number of nitrogens with zero attached hydrogens (tertiary/aromatic N) is 2. The molecule has 0 aliphatic carbocycles. The van der Waals surface area contributed by atoms with E-state index in [1.807, 2.05) is 42.5 Å². The maximum Gasteiger partial charge on any atom is 0.264 e. The van der Waals surface area contributed by atoms with Crippen LogP contribution in [0.1, 0.15) is 35.3 Å². The lowest BCUT2D eigenvalue weighted by Crippen LogP contribution is -2.31. The maximum atomic E-state index is 13.5. The van der Waals surface area contributed by atoms with Gasteiger partial charge in [-0.05, 0) is 36.6 Å². The summed E-state index contributed by atoms with van der Waals surface area (Å²) in [5, 5.41) is 7.31. The number of halogens is 1. The highest BCUT2D eigenvalue weighted by atomic mass is 35.5. The zero-order chi connectivity index (χ0) is 22.8. The summed E-state index contributed by atoms with van der Waals surface area (Å²) in [5.74, 6) is -0.619. The van der Waals surface area contributed by atoms with Gasteiger partial charge in [0, 0.05) is 18.3 Å². The number of hydrogen-bond donors (Lipinski definition) is 2. The average molecular weight is 467 g/mol. The van der Waals surface area contributed by atoms with Crippen molar-refractivity contribution < 1.29 is 9.59 Å². The van der Waals surface area contributed by atoms with E-state index in [2.05, 4.69) is 15.6 Å². The van der Waals surface area contributed by atoms with Crippen LogP contribution in [0.4, 0.5) is 5.13 Å². The molecular formula is C23H19ClN4O3S. The summed E-state index contributed by atoms with van der Waals surface area (Å²) in [6.07, 6.45) is 1.41. The van der Waals surface area contributed by atoms with Crippen molar-refractivity contribution in [3.63, 3.8) is 0 Å². The fourth-order valence-electron chi connectivity index (χ4n) is 3.43. The Morgan fingerprint density at radius 3 is 2.59 bits per heavy atom. The molecule has 0 saturated heterocycles. The Balaban J connectivity index is 1.76. The minimum Gasteiger partial charge on any atom is -0.343 e. The van der Waals surface area contributed by atoms with Gasteiger partial charge in [0.05, 0.1) is 22.6 Å². The Kier molecular flexibility index (Phi) is 6.07. The number of rotatable bonds is 5. The molecule has 0 saturated carbocycles. The zero-order valence-electron chi connectivity index (χ0n) is 17.3. The number of carbonyl (C=O) groups excluding carboxylic acids is 2. The molecule has 2 aromatic heterocycles. The zero-order valence-corrected chi connectivity index (χ0v) is 18.8. The second-order valence-corrected chi connectivity index (χ2v) is 8.59. The van der Waals surface area contributed by atoms with Gasteiger partial charge in [-0.25, -0.2) is 4.98 Å². The first-order valence-corrected chi connectivity index (χ1v) is 11.0. The Morgan fingerprint density at radius 1 is 1.12 bits per heavy atom. The molecule has 2 amide bonds. The first-order valence-electron chi connectivity index (χ1n) is 9.79. The van der Waals surface area contributed by atoms with Crippen LogP contribution in [0.5, 0.6) is 0 Å². The van der Waals surface area contributed by atoms with Gasteiger partial charge in [-0.2, -0.15) is 0 Å². The summed E-state index contributed by atoms with van der Waals surface area (Å²) in [6, 6.07) is 15.8. The largest absolute Gasteiger partial charge is 0.343 e. The number of benzene rings is 2. The monoisotopic (exact) mass is 466 g/mol. The minimum atomic E-state index is -0.509. The quantitative estimate of drug-likeness (QED) is 0.451. The van der Waals surface area contributed by atoms with E-state index in [9.17, 15) is 14.4 Å². The molecule has 9 heteroatoms. The second kappa shape index (κ2) is 8.94. The molecule has 0 bridgehead atoms. The summed E-state index contributed by atoms with van der Waals surface area (Å²) in [4.78, 5) is 41.9. The van der Waals surface area contributed by atoms with E-state index in [0.29, 0.717) is 37.2 Å². The summed E-state index contributed by atoms with van der Waals surface area (Å²) >= 11 is 7.41. The van der Waals surface area contributed by atoms with Crippen LogP contribution in [0.25, 0.3) is 16.5 Å². The van der Waals surface area contributed by atoms with Crippen LogP contribution >= 0.6 is 22.9 Å². The van der Waals surface area contributed by atoms with Crippen molar-refractivity contribution in [3.8, 4) is 5.69 Å². The van der Waals surface area contributed by atoms with Crippen molar-refractivity contribution >= 4 is 50.7 Å². The third-order valence-electron chi connectivity index (χ3n) is 4.84. The van der Waals surface area contributed by atoms with Crippen molar-refractivity contribution in [2.24, 2.45) is 0 Å². The number of pyridine rings is 1. The summed E-state index contributed by atoms with van der Waals surface area (Å²) < 4.78 is 1.56. The molecule has 0 radical (unpaired) electrons. The van der Waals surface area contributed by atoms with Gasteiger partial charge in [-0.1, -0.05) is 53.3 Å². The summed E-state index contributed by atoms with van der Waals surface area (Å²) in [7, 11) is 0. The third-order valence-corrected chi connectivity index (χ3v) is 6.07. The standard InChI is InChI=1S/C23H19ClN4O3S/c1-13(26-21(30)19-12-25-23(32-19)27-14(2)29)18-11-15-7-6-10-17(24)20(15)22(31)28(18)16-8-4-3-5-9-16/h3-13H,1-2H3,(H,26,30)(H,25,27,29)/t13-/m0/s1. The molecule has 7 nitrogen and oxygen atoms in total. The number of hydrogen-bond acceptors (Lipinski definition) is 5. The normalized spacial score (nSPS) is 11.8. The number of aromatic nitrogens is 2. The Bertz CT molecular complexity index is 1380. The van der Waals surface area contributed by atoms with Gasteiger partial charge in [0.15, 0.2) is 5.13 Å². The molecule has 4 aromatic rings. The highest BCUT2D eigenvalue weighted by molar-refractivity contribution is 7.17. The van der Waals surface area contributed by atoms with Crippen LogP contribution in [-0.2, 0) is 4.79 Å². The molecule has 0 spiro atoms. The average Bonchev–Trinajstić information content (AvgIpc) is 3.22. The fourth-order valence-corrected chi connectivity index (χ4v) is 4.46. The molecule has 0 unspecified atom stereocenters. The smallest absolute Gasteiger partial charge is 0.264 e. The molecule has 2 heterocycles. The molecule has 0 aliphatic rings. The maximum absolute atomic E-state index is 13.5. The molecular weight excluding hydrogens is 448 g/mol. The van der Waals surface area contributed by atoms with Crippen LogP contribution in [0.3, 0.4) is 0 Å². The van der Waals surface area contributed by atoms with Crippen molar-refractivity contribution in [2.75, 3.05) is 5.32 Å². The van der Waals surface area contributed by atoms with E-state index in [0.717, 1.165) is 11.3 Å². The molecule has 1 atom stereocenters. The third kappa shape index (κ3) is 4.28. The second-order valence-electron chi connectivity index (χ2n) is 7.16. The van der Waals surface area contributed by atoms with E-state index in [4.69, 9.17) is 11.6 Å². The molecule has 0 fully saturated rings. The number of thiazole rings is 1. The number of amides is 2. The van der Waals surface area contributed by atoms with Crippen molar-refractivity contribution in [2.45, 2.75) is 19.9 Å². The summed E-state index contributed by atoms with van der Waals surface area (Å²) in [5.41, 5.74) is 1.01. The molecule has 2 N–H and O–H groups in total. The molecule has 32 heavy (non-hydrogen) atoms. The van der Waals surface area contributed by atoms with Gasteiger partial charge in [0.1, 0.15) is 4.88 Å². The van der Waals surface area contributed by atoms with Crippen molar-refractivity contribution in [3.05, 3.63) is 86.7 Å². The van der Waals surface area contributed by atoms with Gasteiger partial charge < -0.3 is 10.6 Å². The summed E-state index contributed by atoms with van der Waals surface area (Å²) in [6.45, 7) is 3.18. The number of nitrogens with one attached hydrogen (secondary N) is 2. The van der Waals surface area contributed by atoms with E-state index in [-0.39, 0.29) is 17.4 Å². The van der Waals surface area contributed by atoms with Crippen LogP contribution in [0, 0.1) is 0 Å². The van der Waals surface area contributed by atoms with Gasteiger partial charge in [-0.3, -0.25) is 19.0 Å². The minimum absolute atomic E-state index is 0.263. The Labute approximate surface area is 192 Å². The SMILES string of the molecule is CC(=O)Nc1ncc(C(=O)N[C@@H](C)c2cc3cccc(Cl)c3c(=O)n2-c2ccccc2)s1. The number of anilines is 1. The molecule has 4 rings (SSSR count). The van der Waals surface area contributed by atoms with Crippen LogP contribution in [0.2, 0.25) is 5.02 Å². The van der Waals surface area contributed by atoms with Gasteiger partial charge >= 0.3 is 0 Å². The van der Waals surface area contributed by atoms with E-state index in [1.165, 1.54) is 13.1 Å². The van der Waals surface area contributed by atoms with E-state index < -0.39 is 6.04 Å². The topological polar surface area (TPSA) is 93.1 Å². The highest BCUT2D eigenvalue weighted by Gasteiger charge is 2.20. The van der Waals surface area contributed by atoms with Crippen molar-refractivity contribution in [1.29, 1.82) is 0 Å². The first-order chi connectivity index (χ1) is 15.3. The predicted molar refractivity (Wildman–Crippen MR) is 127 cm³/mol. The van der Waals surface area contributed by atoms with Gasteiger partial charge in [0.25, 0.3) is 11.5 Å².